The minimum absolute atomic E-state index is 0.0266. The molecule has 0 unspecified atom stereocenters. The highest BCUT2D eigenvalue weighted by Crippen LogP contribution is 2.41. The van der Waals surface area contributed by atoms with Gasteiger partial charge in [-0.05, 0) is 24.3 Å². The van der Waals surface area contributed by atoms with E-state index in [1.165, 1.54) is 24.3 Å². The molecule has 4 rings (SSSR count). The van der Waals surface area contributed by atoms with Crippen LogP contribution in [0.15, 0.2) is 42.7 Å². The van der Waals surface area contributed by atoms with Crippen LogP contribution < -0.4 is 11.3 Å². The Kier molecular flexibility index (Phi) is 5.57. The van der Waals surface area contributed by atoms with Gasteiger partial charge in [-0.3, -0.25) is 0 Å². The summed E-state index contributed by atoms with van der Waals surface area (Å²) in [5.74, 6) is -2.77. The molecule has 2 aromatic heterocycles. The molecule has 11 heteroatoms. The van der Waals surface area contributed by atoms with Crippen molar-refractivity contribution in [3.05, 3.63) is 76.3 Å². The van der Waals surface area contributed by atoms with E-state index in [-0.39, 0.29) is 42.0 Å². The SMILES string of the molecule is O=c1oc2c(Cl)cc(Cl)cc2c(O)c1C(CO)c1c(O)c2cc(Cl)cc(Cl)c2oc1=O. The van der Waals surface area contributed by atoms with Crippen molar-refractivity contribution in [2.24, 2.45) is 0 Å². The second-order valence-corrected chi connectivity index (χ2v) is 8.25. The number of rotatable bonds is 3. The minimum atomic E-state index is -1.52. The lowest BCUT2D eigenvalue weighted by Gasteiger charge is -2.17. The first-order chi connectivity index (χ1) is 14.6. The minimum Gasteiger partial charge on any atom is -0.507 e. The van der Waals surface area contributed by atoms with E-state index < -0.39 is 46.4 Å². The summed E-state index contributed by atoms with van der Waals surface area (Å²) in [7, 11) is 0. The fraction of sp³-hybridized carbons (Fsp3) is 0.100. The van der Waals surface area contributed by atoms with Crippen LogP contribution in [0.2, 0.25) is 20.1 Å². The van der Waals surface area contributed by atoms with Crippen molar-refractivity contribution in [2.45, 2.75) is 5.92 Å². The van der Waals surface area contributed by atoms with Crippen molar-refractivity contribution in [1.29, 1.82) is 0 Å². The van der Waals surface area contributed by atoms with E-state index in [0.29, 0.717) is 0 Å². The van der Waals surface area contributed by atoms with E-state index in [9.17, 15) is 24.9 Å². The molecular weight excluding hydrogens is 494 g/mol. The summed E-state index contributed by atoms with van der Waals surface area (Å²) in [6.45, 7) is -0.865. The smallest absolute Gasteiger partial charge is 0.344 e. The lowest BCUT2D eigenvalue weighted by atomic mass is 9.91. The molecule has 2 heterocycles. The van der Waals surface area contributed by atoms with Gasteiger partial charge in [-0.1, -0.05) is 46.4 Å². The quantitative estimate of drug-likeness (QED) is 0.334. The van der Waals surface area contributed by atoms with Crippen molar-refractivity contribution in [3.63, 3.8) is 0 Å². The summed E-state index contributed by atoms with van der Waals surface area (Å²) in [5, 5.41) is 31.7. The molecule has 0 saturated heterocycles. The van der Waals surface area contributed by atoms with Gasteiger partial charge < -0.3 is 24.2 Å². The second kappa shape index (κ2) is 7.93. The highest BCUT2D eigenvalue weighted by atomic mass is 35.5. The van der Waals surface area contributed by atoms with Crippen LogP contribution in [-0.2, 0) is 0 Å². The average Bonchev–Trinajstić information content (AvgIpc) is 2.68. The van der Waals surface area contributed by atoms with E-state index in [2.05, 4.69) is 0 Å². The molecule has 0 saturated carbocycles. The van der Waals surface area contributed by atoms with Crippen molar-refractivity contribution < 1.29 is 24.2 Å². The Hall–Kier alpha value is -2.42. The Bertz CT molecular complexity index is 1380. The number of hydrogen-bond acceptors (Lipinski definition) is 7. The van der Waals surface area contributed by atoms with Gasteiger partial charge >= 0.3 is 11.3 Å². The predicted octanol–water partition coefficient (Wildman–Crippen LogP) is 5.05. The standard InChI is InChI=1S/C20H10Cl4O7/c21-6-1-8-15(26)13(19(28)30-17(8)11(23)3-6)10(5-25)14-16(27)9-2-7(22)4-12(24)18(9)31-20(14)29/h1-4,10,25-27H,5H2. The van der Waals surface area contributed by atoms with Gasteiger partial charge in [0.15, 0.2) is 11.2 Å². The number of hydrogen-bond donors (Lipinski definition) is 3. The molecule has 0 aliphatic rings. The second-order valence-electron chi connectivity index (χ2n) is 6.57. The van der Waals surface area contributed by atoms with Crippen molar-refractivity contribution in [2.75, 3.05) is 6.61 Å². The van der Waals surface area contributed by atoms with Crippen molar-refractivity contribution in [1.82, 2.24) is 0 Å². The molecule has 31 heavy (non-hydrogen) atoms. The highest BCUT2D eigenvalue weighted by Gasteiger charge is 2.31. The number of aliphatic hydroxyl groups is 1. The molecule has 0 radical (unpaired) electrons. The van der Waals surface area contributed by atoms with Crippen LogP contribution in [0.5, 0.6) is 11.5 Å². The van der Waals surface area contributed by atoms with Gasteiger partial charge in [-0.25, -0.2) is 9.59 Å². The summed E-state index contributed by atoms with van der Waals surface area (Å²) in [4.78, 5) is 25.3. The number of aromatic hydroxyl groups is 2. The first-order valence-corrected chi connectivity index (χ1v) is 10.1. The molecule has 0 bridgehead atoms. The number of fused-ring (bicyclic) bond motifs is 2. The molecule has 0 spiro atoms. The third-order valence-corrected chi connectivity index (χ3v) is 5.74. The topological polar surface area (TPSA) is 121 Å². The van der Waals surface area contributed by atoms with Crippen LogP contribution in [-0.4, -0.2) is 21.9 Å². The van der Waals surface area contributed by atoms with E-state index in [1.54, 1.807) is 0 Å². The maximum Gasteiger partial charge on any atom is 0.344 e. The lowest BCUT2D eigenvalue weighted by molar-refractivity contribution is 0.270. The predicted molar refractivity (Wildman–Crippen MR) is 117 cm³/mol. The molecule has 4 aromatic rings. The highest BCUT2D eigenvalue weighted by molar-refractivity contribution is 6.39. The van der Waals surface area contributed by atoms with E-state index in [1.807, 2.05) is 0 Å². The number of benzene rings is 2. The molecule has 2 aromatic carbocycles. The largest absolute Gasteiger partial charge is 0.507 e. The van der Waals surface area contributed by atoms with Crippen LogP contribution >= 0.6 is 46.4 Å². The molecule has 0 aliphatic carbocycles. The van der Waals surface area contributed by atoms with Crippen molar-refractivity contribution >= 4 is 68.3 Å². The average molecular weight is 504 g/mol. The van der Waals surface area contributed by atoms with Crippen LogP contribution in [0, 0.1) is 0 Å². The molecule has 0 amide bonds. The number of halogens is 4. The zero-order valence-corrected chi connectivity index (χ0v) is 18.1. The fourth-order valence-electron chi connectivity index (χ4n) is 3.40. The third kappa shape index (κ3) is 3.52. The Morgan fingerprint density at radius 3 is 1.48 bits per heavy atom. The van der Waals surface area contributed by atoms with Crippen LogP contribution in [0.25, 0.3) is 21.9 Å². The summed E-state index contributed by atoms with van der Waals surface area (Å²) < 4.78 is 10.4. The third-order valence-electron chi connectivity index (χ3n) is 4.75. The molecule has 0 atom stereocenters. The van der Waals surface area contributed by atoms with Crippen molar-refractivity contribution in [3.8, 4) is 11.5 Å². The molecule has 160 valence electrons. The van der Waals surface area contributed by atoms with Gasteiger partial charge in [0.05, 0.1) is 44.5 Å². The summed E-state index contributed by atoms with van der Waals surface area (Å²) in [6.07, 6.45) is 0. The van der Waals surface area contributed by atoms with Gasteiger partial charge in [-0.15, -0.1) is 0 Å². The Labute approximate surface area is 192 Å². The van der Waals surface area contributed by atoms with Gasteiger partial charge in [0.2, 0.25) is 0 Å². The molecule has 0 fully saturated rings. The molecule has 3 N–H and O–H groups in total. The van der Waals surface area contributed by atoms with E-state index >= 15 is 0 Å². The lowest BCUT2D eigenvalue weighted by Crippen LogP contribution is -2.22. The zero-order chi connectivity index (χ0) is 22.6. The van der Waals surface area contributed by atoms with E-state index in [0.717, 1.165) is 0 Å². The summed E-state index contributed by atoms with van der Waals surface area (Å²) in [6, 6.07) is 5.21. The first-order valence-electron chi connectivity index (χ1n) is 8.54. The zero-order valence-electron chi connectivity index (χ0n) is 15.1. The normalized spacial score (nSPS) is 11.7. The maximum atomic E-state index is 12.7. The summed E-state index contributed by atoms with van der Waals surface area (Å²) in [5.41, 5.74) is -3.44. The van der Waals surface area contributed by atoms with Gasteiger partial charge in [0, 0.05) is 10.0 Å². The van der Waals surface area contributed by atoms with Gasteiger partial charge in [-0.2, -0.15) is 0 Å². The Morgan fingerprint density at radius 2 is 1.13 bits per heavy atom. The van der Waals surface area contributed by atoms with Crippen LogP contribution in [0.4, 0.5) is 0 Å². The van der Waals surface area contributed by atoms with Gasteiger partial charge in [0.1, 0.15) is 11.5 Å². The number of aliphatic hydroxyl groups excluding tert-OH is 1. The summed E-state index contributed by atoms with van der Waals surface area (Å²) >= 11 is 24.0. The molecule has 7 nitrogen and oxygen atoms in total. The maximum absolute atomic E-state index is 12.7. The Morgan fingerprint density at radius 1 is 0.742 bits per heavy atom. The van der Waals surface area contributed by atoms with E-state index in [4.69, 9.17) is 55.2 Å². The van der Waals surface area contributed by atoms with Crippen LogP contribution in [0.1, 0.15) is 17.0 Å². The Balaban J connectivity index is 2.07. The fourth-order valence-corrected chi connectivity index (χ4v) is 4.46. The molecule has 0 aliphatic heterocycles. The molecular formula is C20H10Cl4O7. The monoisotopic (exact) mass is 502 g/mol. The first kappa shape index (κ1) is 21.8. The van der Waals surface area contributed by atoms with Crippen LogP contribution in [0.3, 0.4) is 0 Å². The van der Waals surface area contributed by atoms with Gasteiger partial charge in [0.25, 0.3) is 0 Å².